The zero-order valence-electron chi connectivity index (χ0n) is 21.3. The summed E-state index contributed by atoms with van der Waals surface area (Å²) in [6.07, 6.45) is 4.18. The van der Waals surface area contributed by atoms with E-state index < -0.39 is 16.1 Å². The molecule has 0 unspecified atom stereocenters. The first-order valence-corrected chi connectivity index (χ1v) is 14.3. The van der Waals surface area contributed by atoms with E-state index in [-0.39, 0.29) is 12.1 Å². The summed E-state index contributed by atoms with van der Waals surface area (Å²) in [6, 6.07) is 10.5. The second kappa shape index (κ2) is 11.0. The van der Waals surface area contributed by atoms with Gasteiger partial charge in [0, 0.05) is 24.4 Å². The highest BCUT2D eigenvalue weighted by molar-refractivity contribution is 7.88. The zero-order chi connectivity index (χ0) is 26.7. The topological polar surface area (TPSA) is 129 Å². The van der Waals surface area contributed by atoms with Crippen molar-refractivity contribution in [3.8, 4) is 17.4 Å². The smallest absolute Gasteiger partial charge is 0.414 e. The number of pyridine rings is 2. The van der Waals surface area contributed by atoms with Crippen LogP contribution in [0.2, 0.25) is 0 Å². The number of fused-ring (bicyclic) bond motifs is 2. The van der Waals surface area contributed by atoms with Crippen LogP contribution in [0.3, 0.4) is 0 Å². The second-order valence-electron chi connectivity index (χ2n) is 9.34. The minimum atomic E-state index is -3.44. The molecule has 12 heteroatoms. The fraction of sp³-hybridized carbons (Fsp3) is 0.423. The van der Waals surface area contributed by atoms with E-state index in [4.69, 9.17) is 18.9 Å². The van der Waals surface area contributed by atoms with Gasteiger partial charge in [-0.15, -0.1) is 0 Å². The van der Waals surface area contributed by atoms with Gasteiger partial charge in [0.15, 0.2) is 11.5 Å². The number of hydrogen-bond donors (Lipinski definition) is 1. The molecule has 0 saturated carbocycles. The number of cyclic esters (lactones) is 1. The van der Waals surface area contributed by atoms with Crippen LogP contribution in [0.15, 0.2) is 42.6 Å². The van der Waals surface area contributed by atoms with E-state index in [1.165, 1.54) is 0 Å². The molecule has 202 valence electrons. The standard InChI is InChI=1S/C26H30N4O7S/c1-34-24-10-8-21-25(28-24)17(11-12-27-21)3-4-18(29-38(2,32)33)5-7-20-16-30(26(31)37-20)19-6-9-22-23(15-19)36-14-13-35-22/h6,8-12,15,18,20,29H,3-5,7,13-14,16H2,1-2H3/t18-,20-/m0/s1. The maximum absolute atomic E-state index is 12.6. The number of anilines is 1. The average Bonchev–Trinajstić information content (AvgIpc) is 3.29. The molecule has 5 rings (SSSR count). The molecule has 1 N–H and O–H groups in total. The van der Waals surface area contributed by atoms with Gasteiger partial charge in [-0.1, -0.05) is 0 Å². The maximum atomic E-state index is 12.6. The van der Waals surface area contributed by atoms with Crippen LogP contribution in [0.5, 0.6) is 17.4 Å². The first-order chi connectivity index (χ1) is 18.3. The predicted molar refractivity (Wildman–Crippen MR) is 140 cm³/mol. The zero-order valence-corrected chi connectivity index (χ0v) is 22.1. The van der Waals surface area contributed by atoms with Crippen LogP contribution in [0, 0.1) is 0 Å². The summed E-state index contributed by atoms with van der Waals surface area (Å²) in [5, 5.41) is 0. The predicted octanol–water partition coefficient (Wildman–Crippen LogP) is 3.07. The van der Waals surface area contributed by atoms with Crippen molar-refractivity contribution in [3.05, 3.63) is 48.2 Å². The quantitative estimate of drug-likeness (QED) is 0.411. The van der Waals surface area contributed by atoms with E-state index in [1.54, 1.807) is 42.5 Å². The van der Waals surface area contributed by atoms with Gasteiger partial charge in [0.25, 0.3) is 0 Å². The first-order valence-electron chi connectivity index (χ1n) is 12.4. The van der Waals surface area contributed by atoms with Crippen molar-refractivity contribution in [1.82, 2.24) is 14.7 Å². The van der Waals surface area contributed by atoms with Gasteiger partial charge in [-0.05, 0) is 55.5 Å². The molecule has 0 spiro atoms. The number of sulfonamides is 1. The van der Waals surface area contributed by atoms with Gasteiger partial charge in [-0.2, -0.15) is 0 Å². The van der Waals surface area contributed by atoms with Gasteiger partial charge in [0.1, 0.15) is 19.3 Å². The number of hydrogen-bond acceptors (Lipinski definition) is 9. The highest BCUT2D eigenvalue weighted by atomic mass is 32.2. The van der Waals surface area contributed by atoms with Crippen LogP contribution in [-0.2, 0) is 21.2 Å². The lowest BCUT2D eigenvalue weighted by atomic mass is 10.0. The number of aromatic nitrogens is 2. The summed E-state index contributed by atoms with van der Waals surface area (Å²) in [6.45, 7) is 1.31. The minimum absolute atomic E-state index is 0.346. The van der Waals surface area contributed by atoms with Gasteiger partial charge in [-0.25, -0.2) is 22.9 Å². The number of carbonyl (C=O) groups excluding carboxylic acids is 1. The van der Waals surface area contributed by atoms with Crippen LogP contribution >= 0.6 is 0 Å². The normalized spacial score (nSPS) is 17.9. The lowest BCUT2D eigenvalue weighted by molar-refractivity contribution is 0.133. The van der Waals surface area contributed by atoms with Gasteiger partial charge >= 0.3 is 6.09 Å². The molecular formula is C26H30N4O7S. The molecular weight excluding hydrogens is 512 g/mol. The summed E-state index contributed by atoms with van der Waals surface area (Å²) in [4.78, 5) is 23.1. The third-order valence-electron chi connectivity index (χ3n) is 6.54. The summed E-state index contributed by atoms with van der Waals surface area (Å²) in [5.41, 5.74) is 3.09. The van der Waals surface area contributed by atoms with E-state index in [1.807, 2.05) is 12.1 Å². The number of carbonyl (C=O) groups is 1. The number of methoxy groups -OCH3 is 1. The number of ether oxygens (including phenoxy) is 4. The van der Waals surface area contributed by atoms with E-state index >= 15 is 0 Å². The SMILES string of the molecule is COc1ccc2nccc(CC[C@@H](CC[C@H]3CN(c4ccc5c(c4)OCCO5)C(=O)O3)NS(C)(=O)=O)c2n1. The molecule has 1 saturated heterocycles. The molecule has 0 bridgehead atoms. The van der Waals surface area contributed by atoms with Crippen molar-refractivity contribution in [2.45, 2.75) is 37.8 Å². The van der Waals surface area contributed by atoms with Crippen LogP contribution < -0.4 is 23.8 Å². The van der Waals surface area contributed by atoms with Gasteiger partial charge < -0.3 is 18.9 Å². The Morgan fingerprint density at radius 2 is 1.95 bits per heavy atom. The minimum Gasteiger partial charge on any atom is -0.486 e. The van der Waals surface area contributed by atoms with Gasteiger partial charge in [0.05, 0.1) is 36.6 Å². The third-order valence-corrected chi connectivity index (χ3v) is 7.30. The van der Waals surface area contributed by atoms with Crippen molar-refractivity contribution < 1.29 is 32.2 Å². The molecule has 2 aliphatic rings. The lowest BCUT2D eigenvalue weighted by Crippen LogP contribution is -2.35. The second-order valence-corrected chi connectivity index (χ2v) is 11.1. The summed E-state index contributed by atoms with van der Waals surface area (Å²) >= 11 is 0. The van der Waals surface area contributed by atoms with E-state index in [2.05, 4.69) is 14.7 Å². The van der Waals surface area contributed by atoms with Crippen molar-refractivity contribution in [2.24, 2.45) is 0 Å². The van der Waals surface area contributed by atoms with Gasteiger partial charge in [0.2, 0.25) is 15.9 Å². The third kappa shape index (κ3) is 6.08. The lowest BCUT2D eigenvalue weighted by Gasteiger charge is -2.21. The fourth-order valence-corrected chi connectivity index (χ4v) is 5.58. The molecule has 2 aromatic heterocycles. The molecule has 3 aromatic rings. The Morgan fingerprint density at radius 3 is 2.74 bits per heavy atom. The Morgan fingerprint density at radius 1 is 1.13 bits per heavy atom. The van der Waals surface area contributed by atoms with Crippen molar-refractivity contribution in [2.75, 3.05) is 38.0 Å². The molecule has 2 aliphatic heterocycles. The Labute approximate surface area is 221 Å². The summed E-state index contributed by atoms with van der Waals surface area (Å²) in [7, 11) is -1.89. The molecule has 1 amide bonds. The van der Waals surface area contributed by atoms with Crippen LogP contribution in [0.4, 0.5) is 10.5 Å². The Balaban J connectivity index is 1.24. The highest BCUT2D eigenvalue weighted by Crippen LogP contribution is 2.35. The van der Waals surface area contributed by atoms with Crippen LogP contribution in [0.1, 0.15) is 24.8 Å². The molecule has 0 radical (unpaired) electrons. The molecule has 11 nitrogen and oxygen atoms in total. The fourth-order valence-electron chi connectivity index (χ4n) is 4.74. The van der Waals surface area contributed by atoms with Crippen LogP contribution in [0.25, 0.3) is 11.0 Å². The van der Waals surface area contributed by atoms with Crippen LogP contribution in [-0.4, -0.2) is 69.7 Å². The number of amides is 1. The Hall–Kier alpha value is -3.64. The molecule has 38 heavy (non-hydrogen) atoms. The number of aryl methyl sites for hydroxylation is 1. The number of rotatable bonds is 10. The molecule has 4 heterocycles. The van der Waals surface area contributed by atoms with Crippen molar-refractivity contribution >= 4 is 32.8 Å². The highest BCUT2D eigenvalue weighted by Gasteiger charge is 2.33. The summed E-state index contributed by atoms with van der Waals surface area (Å²) < 4.78 is 48.9. The Kier molecular flexibility index (Phi) is 7.52. The summed E-state index contributed by atoms with van der Waals surface area (Å²) in [5.74, 6) is 1.73. The van der Waals surface area contributed by atoms with E-state index in [0.717, 1.165) is 22.9 Å². The van der Waals surface area contributed by atoms with E-state index in [9.17, 15) is 13.2 Å². The molecule has 1 aromatic carbocycles. The van der Waals surface area contributed by atoms with Crippen molar-refractivity contribution in [1.29, 1.82) is 0 Å². The number of nitrogens with zero attached hydrogens (tertiary/aromatic N) is 3. The van der Waals surface area contributed by atoms with Gasteiger partial charge in [-0.3, -0.25) is 9.88 Å². The number of benzene rings is 1. The number of nitrogens with one attached hydrogen (secondary N) is 1. The monoisotopic (exact) mass is 542 g/mol. The molecule has 2 atom stereocenters. The Bertz CT molecular complexity index is 1430. The van der Waals surface area contributed by atoms with Crippen molar-refractivity contribution in [3.63, 3.8) is 0 Å². The molecule has 0 aliphatic carbocycles. The largest absolute Gasteiger partial charge is 0.486 e. The maximum Gasteiger partial charge on any atom is 0.414 e. The van der Waals surface area contributed by atoms with E-state index in [0.29, 0.717) is 68.5 Å². The first kappa shape index (κ1) is 26.0. The average molecular weight is 543 g/mol. The molecule has 1 fully saturated rings.